The monoisotopic (exact) mass is 727 g/mol. The molecule has 270 valence electrons. The molecule has 12 heteroatoms. The van der Waals surface area contributed by atoms with Gasteiger partial charge < -0.3 is 14.0 Å². The smallest absolute Gasteiger partial charge is 0.411 e. The van der Waals surface area contributed by atoms with Crippen LogP contribution in [0.2, 0.25) is 25.7 Å². The maximum absolute atomic E-state index is 14.2. The van der Waals surface area contributed by atoms with Crippen LogP contribution in [0.4, 0.5) is 4.79 Å². The second-order valence-corrected chi connectivity index (χ2v) is 23.2. The van der Waals surface area contributed by atoms with Gasteiger partial charge in [-0.25, -0.2) is 22.2 Å². The molecule has 0 aliphatic rings. The number of carbonyl (C=O) groups is 1. The van der Waals surface area contributed by atoms with Gasteiger partial charge in [0, 0.05) is 33.3 Å². The maximum atomic E-state index is 14.2. The third-order valence-corrected chi connectivity index (χ3v) is 12.6. The molecule has 0 aliphatic carbocycles. The van der Waals surface area contributed by atoms with Gasteiger partial charge in [-0.15, -0.1) is 0 Å². The number of amides is 1. The van der Waals surface area contributed by atoms with E-state index in [4.69, 9.17) is 14.5 Å². The van der Waals surface area contributed by atoms with E-state index in [1.54, 1.807) is 55.7 Å². The van der Waals surface area contributed by atoms with Gasteiger partial charge in [0.25, 0.3) is 10.0 Å². The highest BCUT2D eigenvalue weighted by molar-refractivity contribution is 7.90. The first-order valence-corrected chi connectivity index (χ1v) is 22.2. The number of imidazole rings is 1. The van der Waals surface area contributed by atoms with Gasteiger partial charge in [0.1, 0.15) is 23.7 Å². The highest BCUT2D eigenvalue weighted by atomic mass is 32.2. The van der Waals surface area contributed by atoms with E-state index in [0.717, 1.165) is 28.3 Å². The molecule has 1 atom stereocenters. The summed E-state index contributed by atoms with van der Waals surface area (Å²) in [6, 6.07) is 19.0. The van der Waals surface area contributed by atoms with Crippen LogP contribution in [-0.2, 0) is 31.8 Å². The first kappa shape index (κ1) is 37.8. The summed E-state index contributed by atoms with van der Waals surface area (Å²) in [5, 5.41) is 10.4. The summed E-state index contributed by atoms with van der Waals surface area (Å²) in [5.74, 6) is 0.483. The van der Waals surface area contributed by atoms with Crippen molar-refractivity contribution < 1.29 is 22.7 Å². The molecule has 0 saturated heterocycles. The van der Waals surface area contributed by atoms with Crippen molar-refractivity contribution in [1.82, 2.24) is 18.4 Å². The van der Waals surface area contributed by atoms with Crippen molar-refractivity contribution in [3.8, 4) is 6.07 Å². The minimum atomic E-state index is -3.98. The first-order valence-electron chi connectivity index (χ1n) is 17.1. The second-order valence-electron chi connectivity index (χ2n) is 15.7. The molecule has 2 aromatic heterocycles. The zero-order chi connectivity index (χ0) is 37.7. The molecule has 2 heterocycles. The minimum Gasteiger partial charge on any atom is -0.444 e. The number of benzene rings is 3. The van der Waals surface area contributed by atoms with Crippen molar-refractivity contribution in [2.24, 2.45) is 0 Å². The summed E-state index contributed by atoms with van der Waals surface area (Å²) in [6.07, 6.45) is 0.992. The fourth-order valence-electron chi connectivity index (χ4n) is 6.53. The van der Waals surface area contributed by atoms with Crippen LogP contribution in [0.5, 0.6) is 0 Å². The van der Waals surface area contributed by atoms with E-state index in [9.17, 15) is 18.5 Å². The number of carbonyl (C=O) groups excluding carboxylic acids is 1. The zero-order valence-electron chi connectivity index (χ0n) is 31.6. The van der Waals surface area contributed by atoms with Crippen LogP contribution in [0.1, 0.15) is 61.3 Å². The molecule has 3 aromatic carbocycles. The molecule has 51 heavy (non-hydrogen) atoms. The van der Waals surface area contributed by atoms with E-state index in [1.165, 1.54) is 8.87 Å². The maximum Gasteiger partial charge on any atom is 0.411 e. The van der Waals surface area contributed by atoms with E-state index in [-0.39, 0.29) is 11.6 Å². The Morgan fingerprint density at radius 2 is 1.65 bits per heavy atom. The first-order chi connectivity index (χ1) is 23.7. The van der Waals surface area contributed by atoms with Gasteiger partial charge in [0.2, 0.25) is 0 Å². The number of aromatic nitrogens is 3. The van der Waals surface area contributed by atoms with Crippen molar-refractivity contribution in [1.29, 1.82) is 5.26 Å². The van der Waals surface area contributed by atoms with Gasteiger partial charge in [-0.3, -0.25) is 4.90 Å². The lowest BCUT2D eigenvalue weighted by molar-refractivity contribution is 0.0103. The fraction of sp³-hybridized carbons (Fsp3) is 0.410. The van der Waals surface area contributed by atoms with Gasteiger partial charge in [-0.1, -0.05) is 43.4 Å². The van der Waals surface area contributed by atoms with Crippen molar-refractivity contribution in [3.05, 3.63) is 94.4 Å². The standard InChI is InChI=1S/C39H49N5O5SSi/c1-26-12-15-30(16-13-26)50(46,47)44-19-18-31-34(27(2)22-28(3)35(31)44)39(7,42(8)37(45)49-38(4,5)6)36-41-32-23-29(24-40)14-17-33(32)43(36)25-48-20-21-51(9,10)11/h12-19,22-23H,20-21,25H2,1-11H3. The summed E-state index contributed by atoms with van der Waals surface area (Å²) < 4.78 is 43.9. The van der Waals surface area contributed by atoms with Crippen LogP contribution in [0.3, 0.4) is 0 Å². The van der Waals surface area contributed by atoms with E-state index < -0.39 is 35.3 Å². The largest absolute Gasteiger partial charge is 0.444 e. The highest BCUT2D eigenvalue weighted by Crippen LogP contribution is 2.44. The second kappa shape index (κ2) is 13.6. The van der Waals surface area contributed by atoms with Crippen molar-refractivity contribution >= 4 is 46.1 Å². The Labute approximate surface area is 302 Å². The van der Waals surface area contributed by atoms with Crippen LogP contribution in [-0.4, -0.2) is 60.3 Å². The third kappa shape index (κ3) is 7.33. The lowest BCUT2D eigenvalue weighted by atomic mass is 9.83. The summed E-state index contributed by atoms with van der Waals surface area (Å²) in [7, 11) is -3.70. The summed E-state index contributed by atoms with van der Waals surface area (Å²) in [5.41, 5.74) is 3.38. The van der Waals surface area contributed by atoms with Gasteiger partial charge >= 0.3 is 6.09 Å². The Balaban J connectivity index is 1.83. The van der Waals surface area contributed by atoms with E-state index in [2.05, 4.69) is 25.7 Å². The van der Waals surface area contributed by atoms with E-state index >= 15 is 0 Å². The summed E-state index contributed by atoms with van der Waals surface area (Å²) in [6.45, 7) is 20.7. The van der Waals surface area contributed by atoms with Gasteiger partial charge in [0.15, 0.2) is 0 Å². The Morgan fingerprint density at radius 3 is 2.25 bits per heavy atom. The molecular weight excluding hydrogens is 679 g/mol. The van der Waals surface area contributed by atoms with Crippen molar-refractivity contribution in [2.45, 2.75) is 96.9 Å². The molecule has 5 rings (SSSR count). The Morgan fingerprint density at radius 1 is 0.980 bits per heavy atom. The molecule has 10 nitrogen and oxygen atoms in total. The Bertz CT molecular complexity index is 2270. The van der Waals surface area contributed by atoms with Crippen molar-refractivity contribution in [3.63, 3.8) is 0 Å². The molecule has 0 spiro atoms. The molecule has 0 aliphatic heterocycles. The summed E-state index contributed by atoms with van der Waals surface area (Å²) >= 11 is 0. The predicted octanol–water partition coefficient (Wildman–Crippen LogP) is 8.47. The molecule has 0 bridgehead atoms. The minimum absolute atomic E-state index is 0.150. The number of nitrogens with zero attached hydrogens (tertiary/aromatic N) is 5. The molecule has 0 fully saturated rings. The van der Waals surface area contributed by atoms with Crippen molar-refractivity contribution in [2.75, 3.05) is 13.7 Å². The average molecular weight is 728 g/mol. The van der Waals surface area contributed by atoms with Crippen LogP contribution >= 0.6 is 0 Å². The number of fused-ring (bicyclic) bond motifs is 2. The zero-order valence-corrected chi connectivity index (χ0v) is 33.4. The fourth-order valence-corrected chi connectivity index (χ4v) is 8.70. The van der Waals surface area contributed by atoms with Crippen LogP contribution in [0.15, 0.2) is 65.7 Å². The molecule has 5 aromatic rings. The Hall–Kier alpha value is -4.44. The lowest BCUT2D eigenvalue weighted by Crippen LogP contribution is -2.49. The number of nitriles is 1. The Kier molecular flexibility index (Phi) is 10.1. The number of hydrogen-bond donors (Lipinski definition) is 0. The molecule has 0 saturated carbocycles. The van der Waals surface area contributed by atoms with Gasteiger partial charge in [-0.05, 0) is 108 Å². The van der Waals surface area contributed by atoms with Gasteiger partial charge in [0.05, 0.1) is 33.1 Å². The molecule has 1 unspecified atom stereocenters. The summed E-state index contributed by atoms with van der Waals surface area (Å²) in [4.78, 5) is 21.0. The molecular formula is C39H49N5O5SSi. The number of aryl methyl sites for hydroxylation is 3. The normalized spacial score (nSPS) is 13.7. The topological polar surface area (TPSA) is 119 Å². The SMILES string of the molecule is Cc1ccc(S(=O)(=O)n2ccc3c(C(C)(c4nc5cc(C#N)ccc5n4COCC[Si](C)(C)C)N(C)C(=O)OC(C)(C)C)c(C)cc(C)c32)cc1. The van der Waals surface area contributed by atoms with E-state index in [0.29, 0.717) is 40.0 Å². The van der Waals surface area contributed by atoms with Crippen LogP contribution < -0.4 is 0 Å². The predicted molar refractivity (Wildman–Crippen MR) is 204 cm³/mol. The lowest BCUT2D eigenvalue weighted by Gasteiger charge is -2.41. The average Bonchev–Trinajstić information content (AvgIpc) is 3.64. The number of rotatable bonds is 10. The molecule has 1 amide bonds. The molecule has 0 N–H and O–H groups in total. The quantitative estimate of drug-likeness (QED) is 0.105. The van der Waals surface area contributed by atoms with Crippen LogP contribution in [0.25, 0.3) is 21.9 Å². The highest BCUT2D eigenvalue weighted by Gasteiger charge is 2.45. The third-order valence-electron chi connectivity index (χ3n) is 9.25. The number of hydrogen-bond acceptors (Lipinski definition) is 7. The number of ether oxygens (including phenoxy) is 2. The van der Waals surface area contributed by atoms with Gasteiger partial charge in [-0.2, -0.15) is 5.26 Å². The molecule has 0 radical (unpaired) electrons. The van der Waals surface area contributed by atoms with Crippen LogP contribution in [0, 0.1) is 32.1 Å². The van der Waals surface area contributed by atoms with E-state index in [1.807, 2.05) is 65.2 Å².